The van der Waals surface area contributed by atoms with Gasteiger partial charge in [-0.2, -0.15) is 8.99 Å². The molecule has 1 aliphatic heterocycles. The summed E-state index contributed by atoms with van der Waals surface area (Å²) >= 11 is 6.06. The number of piperazine rings is 1. The molecular formula is C18H16ClFN6O3S. The summed E-state index contributed by atoms with van der Waals surface area (Å²) in [5, 5.41) is 11.4. The van der Waals surface area contributed by atoms with Crippen LogP contribution in [0.1, 0.15) is 10.4 Å². The third kappa shape index (κ3) is 3.91. The van der Waals surface area contributed by atoms with E-state index in [1.807, 2.05) is 0 Å². The standard InChI is InChI=1S/C18H16ClFN6O3S/c19-13-1-6-16(17(11-13)26-12-21-22-23-26)18(27)24-7-9-25(10-8-24)30(28,29)15-4-2-14(20)3-5-15/h1-6,11-12H,7-10H2. The number of hydrogen-bond donors (Lipinski definition) is 0. The lowest BCUT2D eigenvalue weighted by atomic mass is 10.1. The van der Waals surface area contributed by atoms with E-state index in [4.69, 9.17) is 11.6 Å². The molecule has 0 saturated carbocycles. The molecule has 4 rings (SSSR count). The summed E-state index contributed by atoms with van der Waals surface area (Å²) in [5.41, 5.74) is 0.778. The Bertz CT molecular complexity index is 1160. The van der Waals surface area contributed by atoms with Crippen LogP contribution in [0.4, 0.5) is 4.39 Å². The van der Waals surface area contributed by atoms with E-state index in [2.05, 4.69) is 15.5 Å². The average Bonchev–Trinajstić information content (AvgIpc) is 3.28. The zero-order chi connectivity index (χ0) is 21.3. The van der Waals surface area contributed by atoms with Gasteiger partial charge in [0.15, 0.2) is 0 Å². The van der Waals surface area contributed by atoms with E-state index in [-0.39, 0.29) is 37.0 Å². The smallest absolute Gasteiger partial charge is 0.256 e. The van der Waals surface area contributed by atoms with E-state index < -0.39 is 15.8 Å². The Morgan fingerprint density at radius 3 is 2.37 bits per heavy atom. The van der Waals surface area contributed by atoms with Crippen LogP contribution in [0.3, 0.4) is 0 Å². The van der Waals surface area contributed by atoms with Crippen LogP contribution in [0.15, 0.2) is 53.7 Å². The lowest BCUT2D eigenvalue weighted by Crippen LogP contribution is -2.50. The van der Waals surface area contributed by atoms with Gasteiger partial charge in [0.05, 0.1) is 16.1 Å². The Hall–Kier alpha value is -2.89. The molecule has 0 aliphatic carbocycles. The molecule has 1 aliphatic rings. The summed E-state index contributed by atoms with van der Waals surface area (Å²) in [7, 11) is -3.76. The number of benzene rings is 2. The predicted molar refractivity (Wildman–Crippen MR) is 105 cm³/mol. The zero-order valence-corrected chi connectivity index (χ0v) is 17.1. The normalized spacial score (nSPS) is 15.3. The molecule has 0 radical (unpaired) electrons. The largest absolute Gasteiger partial charge is 0.336 e. The van der Waals surface area contributed by atoms with Crippen LogP contribution in [0.5, 0.6) is 0 Å². The van der Waals surface area contributed by atoms with E-state index in [9.17, 15) is 17.6 Å². The molecule has 1 fully saturated rings. The molecule has 12 heteroatoms. The van der Waals surface area contributed by atoms with Gasteiger partial charge in [0.2, 0.25) is 10.0 Å². The van der Waals surface area contributed by atoms with Crippen molar-refractivity contribution in [3.05, 3.63) is 65.2 Å². The summed E-state index contributed by atoms with van der Waals surface area (Å²) in [6.07, 6.45) is 1.36. The van der Waals surface area contributed by atoms with Crippen molar-refractivity contribution in [2.24, 2.45) is 0 Å². The number of amides is 1. The van der Waals surface area contributed by atoms with Gasteiger partial charge >= 0.3 is 0 Å². The lowest BCUT2D eigenvalue weighted by Gasteiger charge is -2.34. The van der Waals surface area contributed by atoms with Gasteiger partial charge in [0.1, 0.15) is 12.1 Å². The highest BCUT2D eigenvalue weighted by Gasteiger charge is 2.31. The van der Waals surface area contributed by atoms with Crippen molar-refractivity contribution in [3.8, 4) is 5.69 Å². The van der Waals surface area contributed by atoms with Gasteiger partial charge in [0, 0.05) is 31.2 Å². The zero-order valence-electron chi connectivity index (χ0n) is 15.5. The summed E-state index contributed by atoms with van der Waals surface area (Å²) < 4.78 is 41.2. The summed E-state index contributed by atoms with van der Waals surface area (Å²) in [6, 6.07) is 9.44. The highest BCUT2D eigenvalue weighted by Crippen LogP contribution is 2.23. The fraction of sp³-hybridized carbons (Fsp3) is 0.222. The Labute approximate surface area is 176 Å². The molecule has 30 heavy (non-hydrogen) atoms. The van der Waals surface area contributed by atoms with Crippen LogP contribution >= 0.6 is 11.6 Å². The molecule has 9 nitrogen and oxygen atoms in total. The molecule has 3 aromatic rings. The predicted octanol–water partition coefficient (Wildman–Crippen LogP) is 1.60. The summed E-state index contributed by atoms with van der Waals surface area (Å²) in [4.78, 5) is 14.7. The van der Waals surface area contributed by atoms with E-state index in [1.54, 1.807) is 23.1 Å². The van der Waals surface area contributed by atoms with Gasteiger partial charge in [-0.3, -0.25) is 4.79 Å². The number of tetrazole rings is 1. The second kappa shape index (κ2) is 8.09. The molecule has 2 aromatic carbocycles. The quantitative estimate of drug-likeness (QED) is 0.598. The Morgan fingerprint density at radius 1 is 1.03 bits per heavy atom. The van der Waals surface area contributed by atoms with Crippen LogP contribution in [0.25, 0.3) is 5.69 Å². The maximum Gasteiger partial charge on any atom is 0.256 e. The van der Waals surface area contributed by atoms with Crippen molar-refractivity contribution < 1.29 is 17.6 Å². The number of nitrogens with zero attached hydrogens (tertiary/aromatic N) is 6. The average molecular weight is 451 g/mol. The van der Waals surface area contributed by atoms with E-state index >= 15 is 0 Å². The number of halogens is 2. The molecule has 0 unspecified atom stereocenters. The van der Waals surface area contributed by atoms with E-state index in [0.29, 0.717) is 16.3 Å². The van der Waals surface area contributed by atoms with E-state index in [1.165, 1.54) is 27.4 Å². The van der Waals surface area contributed by atoms with E-state index in [0.717, 1.165) is 12.1 Å². The monoisotopic (exact) mass is 450 g/mol. The van der Waals surface area contributed by atoms with Crippen LogP contribution in [-0.2, 0) is 10.0 Å². The molecule has 0 atom stereocenters. The SMILES string of the molecule is O=C(c1ccc(Cl)cc1-n1cnnn1)N1CCN(S(=O)(=O)c2ccc(F)cc2)CC1. The first-order valence-electron chi connectivity index (χ1n) is 8.94. The summed E-state index contributed by atoms with van der Waals surface area (Å²) in [5.74, 6) is -0.790. The molecular weight excluding hydrogens is 435 g/mol. The molecule has 0 bridgehead atoms. The topological polar surface area (TPSA) is 101 Å². The second-order valence-electron chi connectivity index (χ2n) is 6.57. The third-order valence-electron chi connectivity index (χ3n) is 4.76. The number of sulfonamides is 1. The van der Waals surface area contributed by atoms with Crippen molar-refractivity contribution in [1.29, 1.82) is 0 Å². The van der Waals surface area contributed by atoms with Gasteiger partial charge in [0.25, 0.3) is 5.91 Å². The van der Waals surface area contributed by atoms with Gasteiger partial charge in [-0.25, -0.2) is 12.8 Å². The van der Waals surface area contributed by atoms with Gasteiger partial charge in [-0.15, -0.1) is 5.10 Å². The van der Waals surface area contributed by atoms with Crippen molar-refractivity contribution in [2.75, 3.05) is 26.2 Å². The Morgan fingerprint density at radius 2 is 1.73 bits per heavy atom. The van der Waals surface area contributed by atoms with Crippen LogP contribution in [0, 0.1) is 5.82 Å². The number of aromatic nitrogens is 4. The lowest BCUT2D eigenvalue weighted by molar-refractivity contribution is 0.0697. The second-order valence-corrected chi connectivity index (χ2v) is 8.94. The number of hydrogen-bond acceptors (Lipinski definition) is 6. The van der Waals surface area contributed by atoms with Gasteiger partial charge < -0.3 is 4.90 Å². The molecule has 1 amide bonds. The fourth-order valence-corrected chi connectivity index (χ4v) is 4.79. The molecule has 156 valence electrons. The molecule has 0 N–H and O–H groups in total. The van der Waals surface area contributed by atoms with Crippen LogP contribution < -0.4 is 0 Å². The first kappa shape index (κ1) is 20.4. The molecule has 1 saturated heterocycles. The molecule has 1 aromatic heterocycles. The summed E-state index contributed by atoms with van der Waals surface area (Å²) in [6.45, 7) is 0.659. The number of carbonyl (C=O) groups is 1. The first-order valence-corrected chi connectivity index (χ1v) is 10.8. The van der Waals surface area contributed by atoms with Crippen molar-refractivity contribution in [2.45, 2.75) is 4.90 Å². The van der Waals surface area contributed by atoms with Crippen molar-refractivity contribution >= 4 is 27.5 Å². The minimum absolute atomic E-state index is 0.0161. The van der Waals surface area contributed by atoms with Crippen LogP contribution in [0.2, 0.25) is 5.02 Å². The fourth-order valence-electron chi connectivity index (χ4n) is 3.20. The maximum atomic E-state index is 13.1. The highest BCUT2D eigenvalue weighted by molar-refractivity contribution is 7.89. The van der Waals surface area contributed by atoms with Crippen molar-refractivity contribution in [1.82, 2.24) is 29.4 Å². The first-order chi connectivity index (χ1) is 14.4. The maximum absolute atomic E-state index is 13.1. The molecule has 2 heterocycles. The van der Waals surface area contributed by atoms with Crippen LogP contribution in [-0.4, -0.2) is 69.9 Å². The Balaban J connectivity index is 1.51. The van der Waals surface area contributed by atoms with Crippen molar-refractivity contribution in [3.63, 3.8) is 0 Å². The minimum atomic E-state index is -3.76. The van der Waals surface area contributed by atoms with Gasteiger partial charge in [-0.1, -0.05) is 11.6 Å². The molecule has 0 spiro atoms. The minimum Gasteiger partial charge on any atom is -0.336 e. The number of rotatable bonds is 4. The Kier molecular flexibility index (Phi) is 5.50. The number of carbonyl (C=O) groups excluding carboxylic acids is 1. The third-order valence-corrected chi connectivity index (χ3v) is 6.91. The van der Waals surface area contributed by atoms with Gasteiger partial charge in [-0.05, 0) is 52.9 Å². The highest BCUT2D eigenvalue weighted by atomic mass is 35.5.